The maximum absolute atomic E-state index is 11.5. The molecule has 0 aromatic heterocycles. The molecule has 0 saturated heterocycles. The van der Waals surface area contributed by atoms with Crippen molar-refractivity contribution in [2.24, 2.45) is 0 Å². The molecule has 0 aliphatic heterocycles. The second-order valence-electron chi connectivity index (χ2n) is 4.79. The number of carbonyl (C=O) groups is 2. The van der Waals surface area contributed by atoms with Crippen LogP contribution in [0, 0.1) is 0 Å². The minimum Gasteiger partial charge on any atom is -0.550 e. The summed E-state index contributed by atoms with van der Waals surface area (Å²) in [5, 5.41) is 10.2. The maximum Gasteiger partial charge on any atom is 1.00 e. The van der Waals surface area contributed by atoms with E-state index in [0.29, 0.717) is 19.4 Å². The van der Waals surface area contributed by atoms with Crippen molar-refractivity contribution in [1.29, 1.82) is 0 Å². The van der Waals surface area contributed by atoms with Crippen LogP contribution in [0.3, 0.4) is 0 Å². The van der Waals surface area contributed by atoms with E-state index in [0.717, 1.165) is 31.2 Å². The molecule has 1 aromatic carbocycles. The fourth-order valence-corrected chi connectivity index (χ4v) is 1.88. The van der Waals surface area contributed by atoms with Gasteiger partial charge < -0.3 is 14.6 Å². The predicted molar refractivity (Wildman–Crippen MR) is 73.6 cm³/mol. The van der Waals surface area contributed by atoms with Crippen LogP contribution in [0.2, 0.25) is 0 Å². The van der Waals surface area contributed by atoms with E-state index in [1.807, 2.05) is 30.3 Å². The number of esters is 1. The third kappa shape index (κ3) is 12.4. The van der Waals surface area contributed by atoms with E-state index in [1.165, 1.54) is 0 Å². The van der Waals surface area contributed by atoms with Gasteiger partial charge in [-0.05, 0) is 24.8 Å². The van der Waals surface area contributed by atoms with E-state index in [1.54, 1.807) is 0 Å². The topological polar surface area (TPSA) is 66.4 Å². The van der Waals surface area contributed by atoms with Crippen molar-refractivity contribution in [2.75, 3.05) is 0 Å². The molecular weight excluding hydrogens is 389 g/mol. The molecule has 5 heteroatoms. The van der Waals surface area contributed by atoms with Crippen LogP contribution < -0.4 is 74.0 Å². The molecule has 0 saturated carbocycles. The number of aliphatic carboxylic acids is 1. The van der Waals surface area contributed by atoms with Gasteiger partial charge in [0.25, 0.3) is 0 Å². The Bertz CT molecular complexity index is 406. The van der Waals surface area contributed by atoms with E-state index in [2.05, 4.69) is 0 Å². The fraction of sp³-hybridized carbons (Fsp3) is 0.500. The van der Waals surface area contributed by atoms with Gasteiger partial charge in [-0.25, -0.2) is 0 Å². The zero-order valence-corrected chi connectivity index (χ0v) is 19.0. The zero-order chi connectivity index (χ0) is 14.6. The molecule has 0 unspecified atom stereocenters. The molecule has 0 amide bonds. The number of rotatable bonds is 10. The minimum atomic E-state index is -0.991. The Labute approximate surface area is 185 Å². The van der Waals surface area contributed by atoms with Crippen LogP contribution in [0.15, 0.2) is 30.3 Å². The van der Waals surface area contributed by atoms with E-state index < -0.39 is 5.97 Å². The van der Waals surface area contributed by atoms with Crippen LogP contribution in [-0.4, -0.2) is 11.9 Å². The number of carboxylic acids is 1. The van der Waals surface area contributed by atoms with Crippen LogP contribution in [0.5, 0.6) is 0 Å². The van der Waals surface area contributed by atoms with Crippen LogP contribution in [-0.2, 0) is 20.9 Å². The Morgan fingerprint density at radius 1 is 0.905 bits per heavy atom. The third-order valence-corrected chi connectivity index (χ3v) is 3.00. The van der Waals surface area contributed by atoms with E-state index >= 15 is 0 Å². The average molecular weight is 410 g/mol. The maximum atomic E-state index is 11.5. The molecule has 21 heavy (non-hydrogen) atoms. The normalized spacial score (nSPS) is 9.71. The number of benzene rings is 1. The number of carboxylic acid groups (broad SMARTS) is 1. The third-order valence-electron chi connectivity index (χ3n) is 3.00. The van der Waals surface area contributed by atoms with Crippen LogP contribution >= 0.6 is 0 Å². The molecular formula is C16H21CsO4. The molecule has 0 aliphatic rings. The smallest absolute Gasteiger partial charge is 0.550 e. The van der Waals surface area contributed by atoms with Gasteiger partial charge in [0.2, 0.25) is 0 Å². The van der Waals surface area contributed by atoms with Gasteiger partial charge in [0, 0.05) is 12.4 Å². The quantitative estimate of drug-likeness (QED) is 0.375. The molecule has 0 fully saturated rings. The molecule has 1 rings (SSSR count). The summed E-state index contributed by atoms with van der Waals surface area (Å²) in [6.07, 6.45) is 4.73. The Kier molecular flexibility index (Phi) is 14.0. The molecule has 0 bridgehead atoms. The Hall–Kier alpha value is 0.212. The molecule has 1 aromatic rings. The number of carbonyl (C=O) groups excluding carboxylic acids is 2. The standard InChI is InChI=1S/C16H22O4.Cs/c17-15(18)11-7-2-1-3-8-12-16(19)20-13-14-9-5-4-6-10-14;/h4-6,9-10H,1-3,7-8,11-13H2,(H,17,18);/q;+1/p-1. The summed E-state index contributed by atoms with van der Waals surface area (Å²) in [5.41, 5.74) is 0.989. The van der Waals surface area contributed by atoms with Crippen molar-refractivity contribution in [1.82, 2.24) is 0 Å². The molecule has 0 spiro atoms. The molecule has 0 aliphatic carbocycles. The largest absolute Gasteiger partial charge is 1.00 e. The Morgan fingerprint density at radius 2 is 1.48 bits per heavy atom. The van der Waals surface area contributed by atoms with Gasteiger partial charge in [0.15, 0.2) is 0 Å². The van der Waals surface area contributed by atoms with E-state index in [9.17, 15) is 14.7 Å². The van der Waals surface area contributed by atoms with Gasteiger partial charge in [0.05, 0.1) is 0 Å². The van der Waals surface area contributed by atoms with Gasteiger partial charge in [0.1, 0.15) is 6.61 Å². The molecule has 0 N–H and O–H groups in total. The predicted octanol–water partition coefficient (Wildman–Crippen LogP) is -0.786. The molecule has 4 nitrogen and oxygen atoms in total. The number of hydrogen-bond acceptors (Lipinski definition) is 4. The number of ether oxygens (including phenoxy) is 1. The first-order valence-electron chi connectivity index (χ1n) is 7.08. The molecule has 110 valence electrons. The first kappa shape index (κ1) is 21.2. The van der Waals surface area contributed by atoms with E-state index in [-0.39, 0.29) is 81.3 Å². The van der Waals surface area contributed by atoms with Crippen molar-refractivity contribution in [2.45, 2.75) is 51.6 Å². The molecule has 0 radical (unpaired) electrons. The number of unbranched alkanes of at least 4 members (excludes halogenated alkanes) is 4. The summed E-state index contributed by atoms with van der Waals surface area (Å²) < 4.78 is 5.16. The first-order valence-corrected chi connectivity index (χ1v) is 7.08. The zero-order valence-electron chi connectivity index (χ0n) is 12.7. The monoisotopic (exact) mass is 410 g/mol. The van der Waals surface area contributed by atoms with Crippen LogP contribution in [0.4, 0.5) is 0 Å². The summed E-state index contributed by atoms with van der Waals surface area (Å²) in [6, 6.07) is 9.59. The minimum absolute atomic E-state index is 0. The summed E-state index contributed by atoms with van der Waals surface area (Å²) in [6.45, 7) is 0.325. The molecule has 0 heterocycles. The van der Waals surface area contributed by atoms with Gasteiger partial charge >= 0.3 is 74.9 Å². The van der Waals surface area contributed by atoms with Gasteiger partial charge in [-0.1, -0.05) is 49.6 Å². The summed E-state index contributed by atoms with van der Waals surface area (Å²) in [4.78, 5) is 21.7. The van der Waals surface area contributed by atoms with E-state index in [4.69, 9.17) is 4.74 Å². The van der Waals surface area contributed by atoms with Crippen molar-refractivity contribution in [3.63, 3.8) is 0 Å². The Morgan fingerprint density at radius 3 is 2.10 bits per heavy atom. The number of hydrogen-bond donors (Lipinski definition) is 0. The van der Waals surface area contributed by atoms with Crippen LogP contribution in [0.25, 0.3) is 0 Å². The second kappa shape index (κ2) is 13.8. The second-order valence-corrected chi connectivity index (χ2v) is 4.79. The van der Waals surface area contributed by atoms with Crippen molar-refractivity contribution >= 4 is 11.9 Å². The summed E-state index contributed by atoms with van der Waals surface area (Å²) in [7, 11) is 0. The van der Waals surface area contributed by atoms with Gasteiger partial charge in [-0.2, -0.15) is 0 Å². The molecule has 0 atom stereocenters. The fourth-order valence-electron chi connectivity index (χ4n) is 1.88. The van der Waals surface area contributed by atoms with Crippen molar-refractivity contribution in [3.05, 3.63) is 35.9 Å². The van der Waals surface area contributed by atoms with Gasteiger partial charge in [-0.3, -0.25) is 4.79 Å². The first-order chi connectivity index (χ1) is 9.68. The summed E-state index contributed by atoms with van der Waals surface area (Å²) in [5.74, 6) is -1.17. The Balaban J connectivity index is 0.00000400. The van der Waals surface area contributed by atoms with Gasteiger partial charge in [-0.15, -0.1) is 0 Å². The average Bonchev–Trinajstić information content (AvgIpc) is 2.45. The SMILES string of the molecule is O=C([O-])CCCCCCCC(=O)OCc1ccccc1.[Cs+]. The van der Waals surface area contributed by atoms with Crippen LogP contribution in [0.1, 0.15) is 50.5 Å². The van der Waals surface area contributed by atoms with Crippen molar-refractivity contribution in [3.8, 4) is 0 Å². The summed E-state index contributed by atoms with van der Waals surface area (Å²) >= 11 is 0. The van der Waals surface area contributed by atoms with Crippen molar-refractivity contribution < 1.29 is 88.3 Å².